The minimum Gasteiger partial charge on any atom is -0.497 e. The molecule has 0 spiro atoms. The van der Waals surface area contributed by atoms with Gasteiger partial charge in [-0.15, -0.1) is 0 Å². The normalized spacial score (nSPS) is 9.29. The first-order valence-electron chi connectivity index (χ1n) is 4.25. The number of benzene rings is 1. The van der Waals surface area contributed by atoms with Gasteiger partial charge in [0, 0.05) is 0 Å². The Hall–Kier alpha value is -1.71. The lowest BCUT2D eigenvalue weighted by Gasteiger charge is -2.04. The van der Waals surface area contributed by atoms with Gasteiger partial charge in [0.25, 0.3) is 0 Å². The lowest BCUT2D eigenvalue weighted by atomic mass is 10.3. The van der Waals surface area contributed by atoms with Gasteiger partial charge < -0.3 is 14.2 Å². The van der Waals surface area contributed by atoms with Gasteiger partial charge in [-0.05, 0) is 31.2 Å². The summed E-state index contributed by atoms with van der Waals surface area (Å²) in [7, 11) is 1.57. The van der Waals surface area contributed by atoms with Crippen LogP contribution in [0.25, 0.3) is 0 Å². The van der Waals surface area contributed by atoms with Crippen LogP contribution in [0, 0.1) is 0 Å². The average Bonchev–Trinajstić information content (AvgIpc) is 2.19. The third-order valence-corrected chi connectivity index (χ3v) is 1.52. The second-order valence-electron chi connectivity index (χ2n) is 2.46. The lowest BCUT2D eigenvalue weighted by molar-refractivity contribution is 0.104. The Bertz CT molecular complexity index is 291. The minimum absolute atomic E-state index is 0.301. The quantitative estimate of drug-likeness (QED) is 0.549. The number of methoxy groups -OCH3 is 1. The summed E-state index contributed by atoms with van der Waals surface area (Å²) in [6.07, 6.45) is -0.697. The Morgan fingerprint density at radius 2 is 1.79 bits per heavy atom. The maximum Gasteiger partial charge on any atom is 0.513 e. The van der Waals surface area contributed by atoms with Crippen LogP contribution in [-0.4, -0.2) is 19.9 Å². The molecule has 0 amide bonds. The largest absolute Gasteiger partial charge is 0.513 e. The van der Waals surface area contributed by atoms with Gasteiger partial charge in [0.15, 0.2) is 0 Å². The monoisotopic (exact) mass is 196 g/mol. The van der Waals surface area contributed by atoms with Crippen LogP contribution in [0.5, 0.6) is 11.5 Å². The molecular weight excluding hydrogens is 184 g/mol. The highest BCUT2D eigenvalue weighted by Gasteiger charge is 2.03. The molecule has 0 fully saturated rings. The molecule has 1 aromatic rings. The molecule has 0 saturated heterocycles. The second kappa shape index (κ2) is 5.11. The van der Waals surface area contributed by atoms with Crippen molar-refractivity contribution in [2.75, 3.05) is 13.7 Å². The molecule has 0 unspecified atom stereocenters. The molecule has 0 saturated carbocycles. The van der Waals surface area contributed by atoms with Gasteiger partial charge in [0.2, 0.25) is 0 Å². The smallest absolute Gasteiger partial charge is 0.497 e. The number of hydrogen-bond acceptors (Lipinski definition) is 4. The van der Waals surface area contributed by atoms with E-state index in [0.29, 0.717) is 18.1 Å². The van der Waals surface area contributed by atoms with Crippen molar-refractivity contribution >= 4 is 6.16 Å². The van der Waals surface area contributed by atoms with Crippen LogP contribution < -0.4 is 9.47 Å². The Morgan fingerprint density at radius 3 is 2.29 bits per heavy atom. The molecule has 4 heteroatoms. The molecule has 1 rings (SSSR count). The second-order valence-corrected chi connectivity index (χ2v) is 2.46. The summed E-state index contributed by atoms with van der Waals surface area (Å²) in [5, 5.41) is 0. The van der Waals surface area contributed by atoms with E-state index in [1.54, 1.807) is 38.3 Å². The van der Waals surface area contributed by atoms with Crippen molar-refractivity contribution in [3.8, 4) is 11.5 Å². The molecule has 4 nitrogen and oxygen atoms in total. The van der Waals surface area contributed by atoms with Crippen LogP contribution in [0.15, 0.2) is 24.3 Å². The highest BCUT2D eigenvalue weighted by Crippen LogP contribution is 2.17. The van der Waals surface area contributed by atoms with E-state index < -0.39 is 6.16 Å². The van der Waals surface area contributed by atoms with Crippen molar-refractivity contribution in [3.05, 3.63) is 24.3 Å². The predicted octanol–water partition coefficient (Wildman–Crippen LogP) is 2.23. The van der Waals surface area contributed by atoms with Crippen molar-refractivity contribution in [3.63, 3.8) is 0 Å². The molecule has 0 aliphatic rings. The fourth-order valence-electron chi connectivity index (χ4n) is 0.887. The van der Waals surface area contributed by atoms with E-state index in [1.807, 2.05) is 0 Å². The molecule has 76 valence electrons. The van der Waals surface area contributed by atoms with Crippen LogP contribution in [0.4, 0.5) is 4.79 Å². The van der Waals surface area contributed by atoms with Crippen molar-refractivity contribution in [1.82, 2.24) is 0 Å². The van der Waals surface area contributed by atoms with Crippen molar-refractivity contribution in [1.29, 1.82) is 0 Å². The third-order valence-electron chi connectivity index (χ3n) is 1.52. The molecule has 0 aromatic heterocycles. The number of rotatable bonds is 3. The molecule has 0 N–H and O–H groups in total. The van der Waals surface area contributed by atoms with Crippen molar-refractivity contribution in [2.24, 2.45) is 0 Å². The van der Waals surface area contributed by atoms with Gasteiger partial charge in [-0.25, -0.2) is 4.79 Å². The molecule has 0 radical (unpaired) electrons. The maximum atomic E-state index is 10.9. The molecule has 14 heavy (non-hydrogen) atoms. The summed E-state index contributed by atoms with van der Waals surface area (Å²) in [5.74, 6) is 1.14. The van der Waals surface area contributed by atoms with Gasteiger partial charge in [0.1, 0.15) is 11.5 Å². The Balaban J connectivity index is 2.55. The fourth-order valence-corrected chi connectivity index (χ4v) is 0.887. The topological polar surface area (TPSA) is 44.8 Å². The van der Waals surface area contributed by atoms with Gasteiger partial charge in [-0.1, -0.05) is 0 Å². The van der Waals surface area contributed by atoms with E-state index in [1.165, 1.54) is 0 Å². The van der Waals surface area contributed by atoms with E-state index in [4.69, 9.17) is 9.47 Å². The van der Waals surface area contributed by atoms with E-state index in [9.17, 15) is 4.79 Å². The van der Waals surface area contributed by atoms with Crippen molar-refractivity contribution < 1.29 is 19.0 Å². The molecule has 0 heterocycles. The zero-order valence-electron chi connectivity index (χ0n) is 8.15. The number of carbonyl (C=O) groups excluding carboxylic acids is 1. The molecule has 0 aliphatic heterocycles. The van der Waals surface area contributed by atoms with Crippen LogP contribution in [0.3, 0.4) is 0 Å². The SMILES string of the molecule is CCOC(=O)Oc1ccc(OC)cc1. The number of ether oxygens (including phenoxy) is 3. The Morgan fingerprint density at radius 1 is 1.21 bits per heavy atom. The molecule has 0 atom stereocenters. The Labute approximate surface area is 82.4 Å². The van der Waals surface area contributed by atoms with Gasteiger partial charge >= 0.3 is 6.16 Å². The summed E-state index contributed by atoms with van der Waals surface area (Å²) in [4.78, 5) is 10.9. The van der Waals surface area contributed by atoms with E-state index >= 15 is 0 Å². The molecular formula is C10H12O4. The lowest BCUT2D eigenvalue weighted by Crippen LogP contribution is -2.09. The number of hydrogen-bond donors (Lipinski definition) is 0. The third kappa shape index (κ3) is 2.97. The summed E-state index contributed by atoms with van der Waals surface area (Å²) >= 11 is 0. The standard InChI is InChI=1S/C10H12O4/c1-3-13-10(11)14-9-6-4-8(12-2)5-7-9/h4-7H,3H2,1-2H3. The van der Waals surface area contributed by atoms with Crippen LogP contribution >= 0.6 is 0 Å². The summed E-state index contributed by atoms with van der Waals surface area (Å²) in [6, 6.07) is 6.68. The average molecular weight is 196 g/mol. The maximum absolute atomic E-state index is 10.9. The van der Waals surface area contributed by atoms with Gasteiger partial charge in [-0.2, -0.15) is 0 Å². The molecule has 1 aromatic carbocycles. The van der Waals surface area contributed by atoms with E-state index in [0.717, 1.165) is 0 Å². The predicted molar refractivity (Wildman–Crippen MR) is 50.6 cm³/mol. The first kappa shape index (κ1) is 10.4. The van der Waals surface area contributed by atoms with E-state index in [-0.39, 0.29) is 0 Å². The zero-order chi connectivity index (χ0) is 10.4. The summed E-state index contributed by atoms with van der Waals surface area (Å²) in [5.41, 5.74) is 0. The van der Waals surface area contributed by atoms with Crippen LogP contribution in [0.2, 0.25) is 0 Å². The van der Waals surface area contributed by atoms with Gasteiger partial charge in [0.05, 0.1) is 13.7 Å². The summed E-state index contributed by atoms with van der Waals surface area (Å²) < 4.78 is 14.4. The first-order valence-corrected chi connectivity index (χ1v) is 4.25. The number of carbonyl (C=O) groups is 1. The summed E-state index contributed by atoms with van der Waals surface area (Å²) in [6.45, 7) is 2.02. The molecule has 0 aliphatic carbocycles. The fraction of sp³-hybridized carbons (Fsp3) is 0.300. The highest BCUT2D eigenvalue weighted by atomic mass is 16.7. The van der Waals surface area contributed by atoms with Gasteiger partial charge in [-0.3, -0.25) is 0 Å². The van der Waals surface area contributed by atoms with Crippen LogP contribution in [-0.2, 0) is 4.74 Å². The highest BCUT2D eigenvalue weighted by molar-refractivity contribution is 5.63. The minimum atomic E-state index is -0.697. The Kier molecular flexibility index (Phi) is 3.79. The van der Waals surface area contributed by atoms with Crippen molar-refractivity contribution in [2.45, 2.75) is 6.92 Å². The zero-order valence-corrected chi connectivity index (χ0v) is 8.15. The first-order chi connectivity index (χ1) is 6.76. The van der Waals surface area contributed by atoms with E-state index in [2.05, 4.69) is 4.74 Å². The van der Waals surface area contributed by atoms with Crippen LogP contribution in [0.1, 0.15) is 6.92 Å². The molecule has 0 bridgehead atoms.